The smallest absolute Gasteiger partial charge is 0.325 e. The van der Waals surface area contributed by atoms with Gasteiger partial charge in [-0.2, -0.15) is 0 Å². The van der Waals surface area contributed by atoms with E-state index in [9.17, 15) is 23.2 Å². The van der Waals surface area contributed by atoms with Crippen molar-refractivity contribution < 1.29 is 18.3 Å². The number of aromatic amines is 2. The molecule has 0 aliphatic heterocycles. The molecule has 0 saturated carbocycles. The summed E-state index contributed by atoms with van der Waals surface area (Å²) in [5, 5.41) is 11.0. The van der Waals surface area contributed by atoms with Crippen LogP contribution in [-0.2, 0) is 11.2 Å². The second-order valence-electron chi connectivity index (χ2n) is 7.19. The number of carbonyl (C=O) groups excluding carboxylic acids is 1. The first-order valence-electron chi connectivity index (χ1n) is 10.1. The second kappa shape index (κ2) is 10.3. The number of halogens is 2. The summed E-state index contributed by atoms with van der Waals surface area (Å²) in [5.41, 5.74) is -0.430. The van der Waals surface area contributed by atoms with E-state index in [2.05, 4.69) is 25.5 Å². The zero-order valence-corrected chi connectivity index (χ0v) is 19.0. The molecule has 0 aliphatic rings. The predicted octanol–water partition coefficient (Wildman–Crippen LogP) is 2.25. The molecule has 4 aromatic rings. The Morgan fingerprint density at radius 2 is 1.94 bits per heavy atom. The average Bonchev–Trinajstić information content (AvgIpc) is 3.21. The lowest BCUT2D eigenvalue weighted by molar-refractivity contribution is -0.113. The van der Waals surface area contributed by atoms with Gasteiger partial charge >= 0.3 is 5.69 Å². The topological polar surface area (TPSA) is 135 Å². The number of aromatic nitrogens is 5. The number of hydrogen-bond donors (Lipinski definition) is 3. The van der Waals surface area contributed by atoms with Gasteiger partial charge in [0.05, 0.1) is 24.2 Å². The number of methoxy groups -OCH3 is 1. The molecule has 0 unspecified atom stereocenters. The van der Waals surface area contributed by atoms with Gasteiger partial charge in [0.1, 0.15) is 23.2 Å². The van der Waals surface area contributed by atoms with Crippen molar-refractivity contribution >= 4 is 23.4 Å². The molecule has 0 bridgehead atoms. The van der Waals surface area contributed by atoms with Crippen molar-refractivity contribution in [2.24, 2.45) is 0 Å². The second-order valence-corrected chi connectivity index (χ2v) is 8.13. The summed E-state index contributed by atoms with van der Waals surface area (Å²) in [6.45, 7) is 0. The highest BCUT2D eigenvalue weighted by Gasteiger charge is 2.18. The number of ether oxygens (including phenoxy) is 1. The van der Waals surface area contributed by atoms with Crippen LogP contribution in [0.4, 0.5) is 14.5 Å². The van der Waals surface area contributed by atoms with E-state index in [1.807, 2.05) is 0 Å². The number of H-pyrrole nitrogens is 2. The number of hydrogen-bond acceptors (Lipinski definition) is 7. The summed E-state index contributed by atoms with van der Waals surface area (Å²) in [6.07, 6.45) is 0.0664. The van der Waals surface area contributed by atoms with E-state index >= 15 is 0 Å². The molecule has 2 heterocycles. The van der Waals surface area contributed by atoms with Crippen LogP contribution in [0.25, 0.3) is 5.69 Å². The Kier molecular flexibility index (Phi) is 7.06. The minimum absolute atomic E-state index is 0.0664. The van der Waals surface area contributed by atoms with Crippen molar-refractivity contribution in [1.29, 1.82) is 0 Å². The average molecular weight is 500 g/mol. The van der Waals surface area contributed by atoms with Crippen LogP contribution in [0.1, 0.15) is 11.5 Å². The highest BCUT2D eigenvalue weighted by atomic mass is 32.2. The molecule has 0 radical (unpaired) electrons. The molecule has 3 N–H and O–H groups in total. The lowest BCUT2D eigenvalue weighted by Gasteiger charge is -2.12. The monoisotopic (exact) mass is 500 g/mol. The summed E-state index contributed by atoms with van der Waals surface area (Å²) in [4.78, 5) is 40.4. The molecule has 35 heavy (non-hydrogen) atoms. The lowest BCUT2D eigenvalue weighted by Crippen LogP contribution is -2.23. The fraction of sp³-hybridized carbons (Fsp3) is 0.136. The van der Waals surface area contributed by atoms with Crippen molar-refractivity contribution in [3.63, 3.8) is 0 Å². The van der Waals surface area contributed by atoms with Gasteiger partial charge in [-0.05, 0) is 24.3 Å². The Balaban J connectivity index is 1.61. The van der Waals surface area contributed by atoms with Crippen molar-refractivity contribution in [2.75, 3.05) is 18.2 Å². The molecule has 0 atom stereocenters. The third-order valence-electron chi connectivity index (χ3n) is 4.71. The number of benzene rings is 2. The van der Waals surface area contributed by atoms with Crippen molar-refractivity contribution in [1.82, 2.24) is 24.7 Å². The molecule has 2 aromatic heterocycles. The van der Waals surface area contributed by atoms with E-state index < -0.39 is 28.8 Å². The van der Waals surface area contributed by atoms with Crippen LogP contribution in [-0.4, -0.2) is 43.5 Å². The maximum Gasteiger partial charge on any atom is 0.325 e. The Hall–Kier alpha value is -4.26. The number of thioether (sulfide) groups is 1. The van der Waals surface area contributed by atoms with Gasteiger partial charge in [0, 0.05) is 30.3 Å². The quantitative estimate of drug-likeness (QED) is 0.316. The molecule has 10 nitrogen and oxygen atoms in total. The molecule has 13 heteroatoms. The third kappa shape index (κ3) is 5.81. The normalized spacial score (nSPS) is 10.8. The number of anilines is 1. The summed E-state index contributed by atoms with van der Waals surface area (Å²) in [6, 6.07) is 11.1. The number of nitrogens with one attached hydrogen (secondary N) is 3. The largest absolute Gasteiger partial charge is 0.497 e. The third-order valence-corrected chi connectivity index (χ3v) is 5.64. The van der Waals surface area contributed by atoms with Gasteiger partial charge in [-0.3, -0.25) is 19.1 Å². The SMILES string of the molecule is COc1cccc(-n2c(Cc3cc(=O)[nH]c(=O)[nH]3)nnc2SCC(=O)Nc2ccc(F)cc2F)c1. The van der Waals surface area contributed by atoms with Crippen LogP contribution in [0.5, 0.6) is 5.75 Å². The Bertz CT molecular complexity index is 1470. The van der Waals surface area contributed by atoms with Gasteiger partial charge in [0.15, 0.2) is 5.16 Å². The standard InChI is InChI=1S/C22H18F2N6O4S/c1-34-15-4-2-3-14(10-15)30-18(8-13-9-19(31)27-21(33)25-13)28-29-22(30)35-11-20(32)26-17-6-5-12(23)7-16(17)24/h2-7,9-10H,8,11H2,1H3,(H,26,32)(H2,25,27,31,33). The first-order valence-corrected chi connectivity index (χ1v) is 11.1. The van der Waals surface area contributed by atoms with Gasteiger partial charge in [-0.25, -0.2) is 13.6 Å². The molecule has 2 aromatic carbocycles. The van der Waals surface area contributed by atoms with E-state index in [0.717, 1.165) is 23.9 Å². The first kappa shape index (κ1) is 23.9. The Morgan fingerprint density at radius 3 is 2.69 bits per heavy atom. The Labute approximate surface area is 200 Å². The first-order chi connectivity index (χ1) is 16.8. The lowest BCUT2D eigenvalue weighted by atomic mass is 10.2. The highest BCUT2D eigenvalue weighted by Crippen LogP contribution is 2.26. The summed E-state index contributed by atoms with van der Waals surface area (Å²) in [5.74, 6) is -1.39. The fourth-order valence-corrected chi connectivity index (χ4v) is 3.98. The van der Waals surface area contributed by atoms with Crippen molar-refractivity contribution in [3.8, 4) is 11.4 Å². The molecule has 1 amide bonds. The molecule has 0 spiro atoms. The Morgan fingerprint density at radius 1 is 1.11 bits per heavy atom. The van der Waals surface area contributed by atoms with E-state index in [-0.39, 0.29) is 17.9 Å². The molecular weight excluding hydrogens is 482 g/mol. The minimum atomic E-state index is -0.892. The number of rotatable bonds is 8. The van der Waals surface area contributed by atoms with Crippen molar-refractivity contribution in [2.45, 2.75) is 11.6 Å². The zero-order chi connectivity index (χ0) is 24.9. The molecule has 0 aliphatic carbocycles. The van der Waals surface area contributed by atoms with Crippen LogP contribution < -0.4 is 21.3 Å². The number of carbonyl (C=O) groups is 1. The summed E-state index contributed by atoms with van der Waals surface area (Å²) < 4.78 is 33.9. The van der Waals surface area contributed by atoms with E-state index in [1.54, 1.807) is 28.8 Å². The van der Waals surface area contributed by atoms with E-state index in [4.69, 9.17) is 4.74 Å². The maximum absolute atomic E-state index is 13.8. The number of amides is 1. The van der Waals surface area contributed by atoms with Gasteiger partial charge < -0.3 is 15.0 Å². The fourth-order valence-electron chi connectivity index (χ4n) is 3.21. The van der Waals surface area contributed by atoms with Crippen molar-refractivity contribution in [3.05, 3.63) is 92.5 Å². The predicted molar refractivity (Wildman–Crippen MR) is 124 cm³/mol. The maximum atomic E-state index is 13.8. The van der Waals surface area contributed by atoms with E-state index in [1.165, 1.54) is 13.2 Å². The minimum Gasteiger partial charge on any atom is -0.497 e. The van der Waals surface area contributed by atoms with Gasteiger partial charge in [0.2, 0.25) is 5.91 Å². The molecule has 180 valence electrons. The van der Waals surface area contributed by atoms with Gasteiger partial charge in [-0.1, -0.05) is 17.8 Å². The van der Waals surface area contributed by atoms with Crippen LogP contribution >= 0.6 is 11.8 Å². The molecular formula is C22H18F2N6O4S. The molecule has 0 saturated heterocycles. The summed E-state index contributed by atoms with van der Waals surface area (Å²) in [7, 11) is 1.52. The molecule has 0 fully saturated rings. The van der Waals surface area contributed by atoms with Crippen LogP contribution in [0.3, 0.4) is 0 Å². The number of nitrogens with zero attached hydrogens (tertiary/aromatic N) is 3. The zero-order valence-electron chi connectivity index (χ0n) is 18.2. The van der Waals surface area contributed by atoms with Crippen LogP contribution in [0.2, 0.25) is 0 Å². The van der Waals surface area contributed by atoms with E-state index in [0.29, 0.717) is 34.2 Å². The van der Waals surface area contributed by atoms with Crippen LogP contribution in [0.15, 0.2) is 63.3 Å². The van der Waals surface area contributed by atoms with Gasteiger partial charge in [-0.15, -0.1) is 10.2 Å². The summed E-state index contributed by atoms with van der Waals surface area (Å²) >= 11 is 1.03. The molecule has 4 rings (SSSR count). The highest BCUT2D eigenvalue weighted by molar-refractivity contribution is 7.99. The van der Waals surface area contributed by atoms with Gasteiger partial charge in [0.25, 0.3) is 5.56 Å². The van der Waals surface area contributed by atoms with Crippen LogP contribution in [0, 0.1) is 11.6 Å².